The van der Waals surface area contributed by atoms with Crippen molar-refractivity contribution in [2.75, 3.05) is 0 Å². The quantitative estimate of drug-likeness (QED) is 0.716. The summed E-state index contributed by atoms with van der Waals surface area (Å²) in [5.74, 6) is -0.743. The third kappa shape index (κ3) is 1.91. The number of fused-ring (bicyclic) bond motifs is 1. The van der Waals surface area contributed by atoms with Crippen molar-refractivity contribution >= 4 is 16.9 Å². The van der Waals surface area contributed by atoms with Crippen LogP contribution in [0.4, 0.5) is 0 Å². The highest BCUT2D eigenvalue weighted by atomic mass is 16.5. The zero-order chi connectivity index (χ0) is 12.4. The molecule has 1 aliphatic rings. The van der Waals surface area contributed by atoms with Crippen molar-refractivity contribution in [2.45, 2.75) is 5.92 Å². The largest absolute Gasteiger partial charge is 0.434 e. The van der Waals surface area contributed by atoms with Crippen LogP contribution >= 0.6 is 0 Å². The second-order valence-electron chi connectivity index (χ2n) is 4.06. The molecule has 1 aliphatic heterocycles. The maximum atomic E-state index is 11.8. The smallest absolute Gasteiger partial charge is 0.323 e. The summed E-state index contributed by atoms with van der Waals surface area (Å²) in [6.07, 6.45) is 6.67. The van der Waals surface area contributed by atoms with Crippen LogP contribution in [0.15, 0.2) is 60.9 Å². The number of pyridine rings is 1. The molecule has 1 unspecified atom stereocenters. The Bertz CT molecular complexity index is 658. The van der Waals surface area contributed by atoms with Crippen LogP contribution in [0, 0.1) is 0 Å². The number of rotatable bonds is 1. The van der Waals surface area contributed by atoms with Crippen molar-refractivity contribution in [3.63, 3.8) is 0 Å². The standard InChI is InChI=1S/C15H11NO2/c17-15-12(6-3-4-10-18-15)14-9-8-11-5-1-2-7-13(11)16-14/h1-10,12H. The SMILES string of the molecule is O=C1OC=CC=CC1c1ccc2ccccc2n1. The number of nitrogens with zero attached hydrogens (tertiary/aromatic N) is 1. The van der Waals surface area contributed by atoms with Gasteiger partial charge in [0.25, 0.3) is 0 Å². The minimum atomic E-state index is -0.440. The first kappa shape index (κ1) is 10.7. The molecule has 3 heteroatoms. The van der Waals surface area contributed by atoms with Crippen molar-refractivity contribution in [2.24, 2.45) is 0 Å². The molecule has 88 valence electrons. The van der Waals surface area contributed by atoms with Crippen LogP contribution in [0.25, 0.3) is 10.9 Å². The third-order valence-electron chi connectivity index (χ3n) is 2.87. The van der Waals surface area contributed by atoms with Gasteiger partial charge in [-0.15, -0.1) is 0 Å². The van der Waals surface area contributed by atoms with Gasteiger partial charge in [-0.25, -0.2) is 0 Å². The molecule has 0 fully saturated rings. The number of carbonyl (C=O) groups excluding carboxylic acids is 1. The fourth-order valence-corrected chi connectivity index (χ4v) is 1.95. The lowest BCUT2D eigenvalue weighted by Gasteiger charge is -2.09. The molecule has 18 heavy (non-hydrogen) atoms. The van der Waals surface area contributed by atoms with Crippen LogP contribution in [-0.2, 0) is 9.53 Å². The number of hydrogen-bond donors (Lipinski definition) is 0. The zero-order valence-corrected chi connectivity index (χ0v) is 9.61. The van der Waals surface area contributed by atoms with E-state index < -0.39 is 5.92 Å². The summed E-state index contributed by atoms with van der Waals surface area (Å²) in [5.41, 5.74) is 1.59. The summed E-state index contributed by atoms with van der Waals surface area (Å²) in [6, 6.07) is 11.7. The molecular weight excluding hydrogens is 226 g/mol. The average molecular weight is 237 g/mol. The van der Waals surface area contributed by atoms with E-state index in [-0.39, 0.29) is 5.97 Å². The van der Waals surface area contributed by atoms with E-state index in [4.69, 9.17) is 4.74 Å². The number of ether oxygens (including phenoxy) is 1. The summed E-state index contributed by atoms with van der Waals surface area (Å²) in [5, 5.41) is 1.06. The lowest BCUT2D eigenvalue weighted by atomic mass is 10.0. The molecule has 1 aromatic heterocycles. The summed E-state index contributed by atoms with van der Waals surface area (Å²) in [4.78, 5) is 16.3. The zero-order valence-electron chi connectivity index (χ0n) is 9.61. The maximum absolute atomic E-state index is 11.8. The number of carbonyl (C=O) groups is 1. The molecule has 0 aliphatic carbocycles. The molecule has 0 saturated carbocycles. The molecule has 0 bridgehead atoms. The Balaban J connectivity index is 2.06. The van der Waals surface area contributed by atoms with Crippen LogP contribution in [0.2, 0.25) is 0 Å². The van der Waals surface area contributed by atoms with E-state index in [2.05, 4.69) is 4.98 Å². The molecule has 0 saturated heterocycles. The minimum absolute atomic E-state index is 0.303. The van der Waals surface area contributed by atoms with Crippen LogP contribution in [0.3, 0.4) is 0 Å². The summed E-state index contributed by atoms with van der Waals surface area (Å²) in [7, 11) is 0. The normalized spacial score (nSPS) is 18.7. The Morgan fingerprint density at radius 3 is 2.89 bits per heavy atom. The highest BCUT2D eigenvalue weighted by molar-refractivity contribution is 5.83. The van der Waals surface area contributed by atoms with Crippen LogP contribution in [-0.4, -0.2) is 11.0 Å². The van der Waals surface area contributed by atoms with E-state index in [0.717, 1.165) is 10.9 Å². The number of allylic oxidation sites excluding steroid dienone is 2. The van der Waals surface area contributed by atoms with E-state index >= 15 is 0 Å². The van der Waals surface area contributed by atoms with Gasteiger partial charge in [0, 0.05) is 5.39 Å². The van der Waals surface area contributed by atoms with Gasteiger partial charge in [-0.3, -0.25) is 9.78 Å². The molecular formula is C15H11NO2. The predicted molar refractivity (Wildman–Crippen MR) is 68.9 cm³/mol. The van der Waals surface area contributed by atoms with Crippen LogP contribution < -0.4 is 0 Å². The lowest BCUT2D eigenvalue weighted by molar-refractivity contribution is -0.138. The Labute approximate surface area is 104 Å². The van der Waals surface area contributed by atoms with E-state index in [1.807, 2.05) is 36.4 Å². The molecule has 1 atom stereocenters. The molecule has 0 radical (unpaired) electrons. The molecule has 1 aromatic carbocycles. The van der Waals surface area contributed by atoms with Crippen LogP contribution in [0.5, 0.6) is 0 Å². The lowest BCUT2D eigenvalue weighted by Crippen LogP contribution is -2.12. The number of para-hydroxylation sites is 1. The maximum Gasteiger partial charge on any atom is 0.323 e. The summed E-state index contributed by atoms with van der Waals surface area (Å²) < 4.78 is 4.96. The molecule has 3 nitrogen and oxygen atoms in total. The second-order valence-corrected chi connectivity index (χ2v) is 4.06. The van der Waals surface area contributed by atoms with Gasteiger partial charge in [0.15, 0.2) is 0 Å². The summed E-state index contributed by atoms with van der Waals surface area (Å²) >= 11 is 0. The number of aromatic nitrogens is 1. The second kappa shape index (κ2) is 4.45. The number of hydrogen-bond acceptors (Lipinski definition) is 3. The van der Waals surface area contributed by atoms with E-state index in [0.29, 0.717) is 5.69 Å². The Morgan fingerprint density at radius 1 is 1.06 bits per heavy atom. The average Bonchev–Trinajstić information content (AvgIpc) is 2.63. The minimum Gasteiger partial charge on any atom is -0.434 e. The first-order chi connectivity index (χ1) is 8.84. The van der Waals surface area contributed by atoms with E-state index in [1.165, 1.54) is 6.26 Å². The van der Waals surface area contributed by atoms with Gasteiger partial charge < -0.3 is 4.74 Å². The first-order valence-corrected chi connectivity index (χ1v) is 5.74. The number of esters is 1. The van der Waals surface area contributed by atoms with Crippen molar-refractivity contribution < 1.29 is 9.53 Å². The molecule has 2 aromatic rings. The van der Waals surface area contributed by atoms with Gasteiger partial charge in [0.1, 0.15) is 5.92 Å². The number of cyclic esters (lactones) is 1. The van der Waals surface area contributed by atoms with Gasteiger partial charge in [-0.2, -0.15) is 0 Å². The molecule has 3 rings (SSSR count). The van der Waals surface area contributed by atoms with Crippen molar-refractivity contribution in [3.8, 4) is 0 Å². The first-order valence-electron chi connectivity index (χ1n) is 5.74. The van der Waals surface area contributed by atoms with E-state index in [1.54, 1.807) is 18.2 Å². The monoisotopic (exact) mass is 237 g/mol. The van der Waals surface area contributed by atoms with Gasteiger partial charge in [0.05, 0.1) is 17.5 Å². The Kier molecular flexibility index (Phi) is 2.65. The van der Waals surface area contributed by atoms with Gasteiger partial charge in [0.2, 0.25) is 0 Å². The van der Waals surface area contributed by atoms with Gasteiger partial charge in [-0.05, 0) is 18.2 Å². The number of benzene rings is 1. The predicted octanol–water partition coefficient (Wildman–Crippen LogP) is 2.95. The van der Waals surface area contributed by atoms with E-state index in [9.17, 15) is 4.79 Å². The van der Waals surface area contributed by atoms with Crippen LogP contribution in [0.1, 0.15) is 11.6 Å². The molecule has 0 N–H and O–H groups in total. The third-order valence-corrected chi connectivity index (χ3v) is 2.87. The van der Waals surface area contributed by atoms with Crippen molar-refractivity contribution in [1.29, 1.82) is 0 Å². The van der Waals surface area contributed by atoms with Crippen molar-refractivity contribution in [3.05, 3.63) is 66.6 Å². The topological polar surface area (TPSA) is 39.2 Å². The molecule has 0 amide bonds. The summed E-state index contributed by atoms with van der Waals surface area (Å²) in [6.45, 7) is 0. The Morgan fingerprint density at radius 2 is 1.94 bits per heavy atom. The highest BCUT2D eigenvalue weighted by Gasteiger charge is 2.21. The fourth-order valence-electron chi connectivity index (χ4n) is 1.95. The Hall–Kier alpha value is -2.42. The highest BCUT2D eigenvalue weighted by Crippen LogP contribution is 2.22. The van der Waals surface area contributed by atoms with Crippen molar-refractivity contribution in [1.82, 2.24) is 4.98 Å². The van der Waals surface area contributed by atoms with Gasteiger partial charge >= 0.3 is 5.97 Å². The van der Waals surface area contributed by atoms with Gasteiger partial charge in [-0.1, -0.05) is 36.4 Å². The molecule has 2 heterocycles. The fraction of sp³-hybridized carbons (Fsp3) is 0.0667. The molecule has 0 spiro atoms.